The summed E-state index contributed by atoms with van der Waals surface area (Å²) in [5, 5.41) is 6.22. The number of carbonyl (C=O) groups is 2. The van der Waals surface area contributed by atoms with Gasteiger partial charge in [0.1, 0.15) is 11.5 Å². The minimum Gasteiger partial charge on any atom is -0.469 e. The number of furan rings is 1. The molecule has 0 aliphatic rings. The third-order valence-electron chi connectivity index (χ3n) is 7.87. The molecule has 3 aromatic heterocycles. The van der Waals surface area contributed by atoms with E-state index in [1.54, 1.807) is 30.3 Å². The van der Waals surface area contributed by atoms with Crippen LogP contribution in [0.2, 0.25) is 0 Å². The summed E-state index contributed by atoms with van der Waals surface area (Å²) in [5.41, 5.74) is 5.38. The zero-order chi connectivity index (χ0) is 33.1. The number of hydrogen-bond donors (Lipinski definition) is 2. The summed E-state index contributed by atoms with van der Waals surface area (Å²) in [6.45, 7) is 2.27. The molecule has 0 saturated heterocycles. The molecule has 10 nitrogen and oxygen atoms in total. The van der Waals surface area contributed by atoms with Crippen LogP contribution in [0.3, 0.4) is 0 Å². The van der Waals surface area contributed by atoms with Crippen LogP contribution in [0.4, 0.5) is 4.79 Å². The highest BCUT2D eigenvalue weighted by Crippen LogP contribution is 2.29. The predicted molar refractivity (Wildman–Crippen MR) is 184 cm³/mol. The predicted octanol–water partition coefficient (Wildman–Crippen LogP) is 6.01. The van der Waals surface area contributed by atoms with E-state index >= 15 is 0 Å². The lowest BCUT2D eigenvalue weighted by molar-refractivity contribution is 0.0953. The zero-order valence-corrected chi connectivity index (χ0v) is 26.8. The highest BCUT2D eigenvalue weighted by Gasteiger charge is 2.23. The van der Waals surface area contributed by atoms with Crippen molar-refractivity contribution in [3.05, 3.63) is 144 Å². The van der Waals surface area contributed by atoms with Gasteiger partial charge in [-0.05, 0) is 42.8 Å². The molecule has 0 aliphatic heterocycles. The van der Waals surface area contributed by atoms with E-state index in [9.17, 15) is 9.59 Å². The number of aromatic nitrogens is 3. The second-order valence-electron chi connectivity index (χ2n) is 11.4. The topological polar surface area (TPSA) is 114 Å². The average Bonchev–Trinajstić information content (AvgIpc) is 3.77. The smallest absolute Gasteiger partial charge is 0.416 e. The summed E-state index contributed by atoms with van der Waals surface area (Å²) in [4.78, 5) is 37.2. The fourth-order valence-corrected chi connectivity index (χ4v) is 5.37. The van der Waals surface area contributed by atoms with E-state index in [1.165, 1.54) is 0 Å². The molecule has 0 spiro atoms. The lowest BCUT2D eigenvalue weighted by Gasteiger charge is -2.17. The first-order valence-corrected chi connectivity index (χ1v) is 16.0. The first-order chi connectivity index (χ1) is 23.5. The molecule has 0 saturated carbocycles. The molecule has 10 heteroatoms. The molecule has 244 valence electrons. The fourth-order valence-electron chi connectivity index (χ4n) is 5.37. The number of imidazole rings is 1. The first-order valence-electron chi connectivity index (χ1n) is 16.0. The number of fused-ring (bicyclic) bond motifs is 1. The molecular weight excluding hydrogens is 604 g/mol. The second kappa shape index (κ2) is 15.7. The van der Waals surface area contributed by atoms with Gasteiger partial charge in [-0.3, -0.25) is 9.20 Å². The van der Waals surface area contributed by atoms with Gasteiger partial charge in [-0.25, -0.2) is 14.8 Å². The first kappa shape index (κ1) is 32.2. The van der Waals surface area contributed by atoms with Gasteiger partial charge in [0.05, 0.1) is 24.1 Å². The number of nitrogens with zero attached hydrogens (tertiary/aromatic N) is 4. The van der Waals surface area contributed by atoms with Crippen LogP contribution in [0, 0.1) is 0 Å². The molecule has 0 fully saturated rings. The van der Waals surface area contributed by atoms with Crippen molar-refractivity contribution in [3.63, 3.8) is 0 Å². The highest BCUT2D eigenvalue weighted by molar-refractivity contribution is 5.94. The minimum atomic E-state index is -0.490. The Morgan fingerprint density at radius 1 is 0.812 bits per heavy atom. The third kappa shape index (κ3) is 8.15. The second-order valence-corrected chi connectivity index (χ2v) is 11.4. The van der Waals surface area contributed by atoms with Crippen LogP contribution in [-0.2, 0) is 12.8 Å². The molecule has 2 amide bonds. The Labute approximate surface area is 279 Å². The van der Waals surface area contributed by atoms with E-state index in [1.807, 2.05) is 89.5 Å². The molecule has 48 heavy (non-hydrogen) atoms. The summed E-state index contributed by atoms with van der Waals surface area (Å²) in [6.07, 6.45) is 4.60. The summed E-state index contributed by atoms with van der Waals surface area (Å²) >= 11 is 0. The molecule has 3 heterocycles. The number of ether oxygens (including phenoxy) is 1. The van der Waals surface area contributed by atoms with Crippen molar-refractivity contribution < 1.29 is 18.7 Å². The Hall–Kier alpha value is -5.74. The van der Waals surface area contributed by atoms with Crippen LogP contribution in [0.15, 0.2) is 120 Å². The number of carbonyl (C=O) groups excluding carboxylic acids is 2. The van der Waals surface area contributed by atoms with Gasteiger partial charge in [0.2, 0.25) is 5.88 Å². The van der Waals surface area contributed by atoms with Crippen molar-refractivity contribution in [1.29, 1.82) is 0 Å². The molecule has 6 aromatic rings. The van der Waals surface area contributed by atoms with Gasteiger partial charge in [0.25, 0.3) is 5.91 Å². The SMILES string of the molecule is CN(CCCNCCNC(=O)c1ccccc1)C(=O)Oc1c(Cc2ccco2)nc2c(Cc3ccccc3)nc(-c3ccccc3)cn12. The summed E-state index contributed by atoms with van der Waals surface area (Å²) in [7, 11) is 1.72. The lowest BCUT2D eigenvalue weighted by Crippen LogP contribution is -2.35. The van der Waals surface area contributed by atoms with Crippen molar-refractivity contribution in [2.75, 3.05) is 33.2 Å². The van der Waals surface area contributed by atoms with Gasteiger partial charge < -0.3 is 24.7 Å². The monoisotopic (exact) mass is 642 g/mol. The van der Waals surface area contributed by atoms with Gasteiger partial charge in [0, 0.05) is 50.4 Å². The van der Waals surface area contributed by atoms with Crippen molar-refractivity contribution in [1.82, 2.24) is 29.9 Å². The fraction of sp³-hybridized carbons (Fsp3) is 0.211. The average molecular weight is 643 g/mol. The Bertz CT molecular complexity index is 1930. The van der Waals surface area contributed by atoms with E-state index < -0.39 is 6.09 Å². The van der Waals surface area contributed by atoms with E-state index in [0.717, 1.165) is 22.5 Å². The Balaban J connectivity index is 1.16. The van der Waals surface area contributed by atoms with E-state index in [0.29, 0.717) is 74.0 Å². The van der Waals surface area contributed by atoms with Crippen LogP contribution in [0.5, 0.6) is 5.88 Å². The lowest BCUT2D eigenvalue weighted by atomic mass is 10.1. The van der Waals surface area contributed by atoms with Gasteiger partial charge in [-0.15, -0.1) is 0 Å². The van der Waals surface area contributed by atoms with Crippen molar-refractivity contribution in [3.8, 4) is 17.1 Å². The summed E-state index contributed by atoms with van der Waals surface area (Å²) in [5.74, 6) is 0.938. The van der Waals surface area contributed by atoms with Gasteiger partial charge >= 0.3 is 6.09 Å². The highest BCUT2D eigenvalue weighted by atomic mass is 16.6. The van der Waals surface area contributed by atoms with Crippen LogP contribution in [0.25, 0.3) is 16.9 Å². The van der Waals surface area contributed by atoms with Crippen LogP contribution >= 0.6 is 0 Å². The van der Waals surface area contributed by atoms with Crippen LogP contribution in [0.1, 0.15) is 39.5 Å². The number of hydrogen-bond acceptors (Lipinski definition) is 7. The standard InChI is InChI=1S/C38H38N6O4/c1-43(23-12-20-39-21-22-40-36(45)30-17-9-4-10-18-30)38(46)48-37-33(26-31-19-11-24-47-31)42-35-32(25-28-13-5-2-6-14-28)41-34(27-44(35)37)29-15-7-3-8-16-29/h2-11,13-19,24,27,39H,12,20-23,25-26H2,1H3,(H,40,45). The van der Waals surface area contributed by atoms with Crippen LogP contribution in [-0.4, -0.2) is 64.5 Å². The molecule has 0 unspecified atom stereocenters. The molecule has 6 rings (SSSR count). The molecule has 0 atom stereocenters. The number of amides is 2. The Morgan fingerprint density at radius 2 is 1.54 bits per heavy atom. The largest absolute Gasteiger partial charge is 0.469 e. The van der Waals surface area contributed by atoms with E-state index in [-0.39, 0.29) is 5.91 Å². The Kier molecular flexibility index (Phi) is 10.5. The maximum absolute atomic E-state index is 13.5. The minimum absolute atomic E-state index is 0.0995. The van der Waals surface area contributed by atoms with E-state index in [2.05, 4.69) is 22.8 Å². The maximum atomic E-state index is 13.5. The van der Waals surface area contributed by atoms with E-state index in [4.69, 9.17) is 19.1 Å². The quantitative estimate of drug-likeness (QED) is 0.140. The molecule has 0 aliphatic carbocycles. The zero-order valence-electron chi connectivity index (χ0n) is 26.8. The number of rotatable bonds is 14. The van der Waals surface area contributed by atoms with Crippen LogP contribution < -0.4 is 15.4 Å². The maximum Gasteiger partial charge on any atom is 0.416 e. The third-order valence-corrected chi connectivity index (χ3v) is 7.87. The van der Waals surface area contributed by atoms with Gasteiger partial charge in [0.15, 0.2) is 5.65 Å². The molecular formula is C38H38N6O4. The normalized spacial score (nSPS) is 11.0. The summed E-state index contributed by atoms with van der Waals surface area (Å²) in [6, 6.07) is 32.9. The number of nitrogens with one attached hydrogen (secondary N) is 2. The van der Waals surface area contributed by atoms with Gasteiger partial charge in [-0.1, -0.05) is 78.9 Å². The molecule has 0 bridgehead atoms. The van der Waals surface area contributed by atoms with Crippen molar-refractivity contribution in [2.24, 2.45) is 0 Å². The molecule has 2 N–H and O–H groups in total. The van der Waals surface area contributed by atoms with Crippen molar-refractivity contribution in [2.45, 2.75) is 19.3 Å². The number of benzene rings is 3. The summed E-state index contributed by atoms with van der Waals surface area (Å²) < 4.78 is 13.6. The van der Waals surface area contributed by atoms with Gasteiger partial charge in [-0.2, -0.15) is 0 Å². The van der Waals surface area contributed by atoms with Crippen molar-refractivity contribution >= 4 is 17.6 Å². The Morgan fingerprint density at radius 3 is 2.27 bits per heavy atom. The molecule has 3 aromatic carbocycles. The molecule has 0 radical (unpaired) electrons.